The lowest BCUT2D eigenvalue weighted by molar-refractivity contribution is 0.372. The molecule has 0 saturated heterocycles. The van der Waals surface area contributed by atoms with E-state index in [1.54, 1.807) is 0 Å². The van der Waals surface area contributed by atoms with Crippen LogP contribution in [-0.2, 0) is 0 Å². The maximum Gasteiger partial charge on any atom is 0.00615 e. The van der Waals surface area contributed by atoms with Crippen LogP contribution < -0.4 is 5.32 Å². The highest BCUT2D eigenvalue weighted by atomic mass is 14.9. The topological polar surface area (TPSA) is 12.0 Å². The van der Waals surface area contributed by atoms with E-state index < -0.39 is 0 Å². The molecule has 2 unspecified atom stereocenters. The molecule has 0 heterocycles. The number of unbranched alkanes of at least 4 members (excludes halogenated alkanes) is 1. The highest BCUT2D eigenvalue weighted by Gasteiger charge is 2.09. The van der Waals surface area contributed by atoms with Crippen LogP contribution in [0.15, 0.2) is 0 Å². The van der Waals surface area contributed by atoms with Gasteiger partial charge < -0.3 is 5.32 Å². The molecule has 1 nitrogen and oxygen atoms in total. The first-order chi connectivity index (χ1) is 6.78. The molecule has 0 rings (SSSR count). The van der Waals surface area contributed by atoms with E-state index in [2.05, 4.69) is 33.1 Å². The molecule has 0 saturated carbocycles. The van der Waals surface area contributed by atoms with Gasteiger partial charge in [-0.2, -0.15) is 0 Å². The van der Waals surface area contributed by atoms with Gasteiger partial charge in [0.15, 0.2) is 0 Å². The molecule has 0 radical (unpaired) electrons. The van der Waals surface area contributed by atoms with Gasteiger partial charge in [0.1, 0.15) is 0 Å². The highest BCUT2D eigenvalue weighted by molar-refractivity contribution is 4.66. The summed E-state index contributed by atoms with van der Waals surface area (Å²) in [5, 5.41) is 3.39. The van der Waals surface area contributed by atoms with E-state index in [9.17, 15) is 0 Å². The summed E-state index contributed by atoms with van der Waals surface area (Å²) in [6.07, 6.45) is 9.59. The quantitative estimate of drug-likeness (QED) is 0.592. The smallest absolute Gasteiger partial charge is 0.00615 e. The predicted octanol–water partition coefficient (Wildman–Crippen LogP) is 3.98. The second kappa shape index (κ2) is 9.51. The molecule has 0 aliphatic carbocycles. The summed E-state index contributed by atoms with van der Waals surface area (Å²) in [7, 11) is 2.08. The summed E-state index contributed by atoms with van der Waals surface area (Å²) in [5.41, 5.74) is 0. The largest absolute Gasteiger partial charge is 0.317 e. The molecule has 0 aromatic carbocycles. The average Bonchev–Trinajstić information content (AvgIpc) is 2.23. The Morgan fingerprint density at radius 3 is 2.07 bits per heavy atom. The summed E-state index contributed by atoms with van der Waals surface area (Å²) in [5.74, 6) is 0.970. The van der Waals surface area contributed by atoms with Crippen molar-refractivity contribution < 1.29 is 0 Å². The fraction of sp³-hybridized carbons (Fsp3) is 1.00. The van der Waals surface area contributed by atoms with Gasteiger partial charge >= 0.3 is 0 Å². The zero-order valence-corrected chi connectivity index (χ0v) is 10.6. The third-order valence-corrected chi connectivity index (χ3v) is 3.37. The highest BCUT2D eigenvalue weighted by Crippen LogP contribution is 2.19. The maximum atomic E-state index is 3.39. The summed E-state index contributed by atoms with van der Waals surface area (Å²) in [6, 6.07) is 0.741. The fourth-order valence-corrected chi connectivity index (χ4v) is 2.03. The van der Waals surface area contributed by atoms with Crippen molar-refractivity contribution in [3.8, 4) is 0 Å². The summed E-state index contributed by atoms with van der Waals surface area (Å²) < 4.78 is 0. The Bertz CT molecular complexity index is 108. The van der Waals surface area contributed by atoms with Crippen LogP contribution in [0.5, 0.6) is 0 Å². The van der Waals surface area contributed by atoms with Crippen LogP contribution in [0.2, 0.25) is 0 Å². The van der Waals surface area contributed by atoms with E-state index in [-0.39, 0.29) is 0 Å². The van der Waals surface area contributed by atoms with Gasteiger partial charge in [-0.3, -0.25) is 0 Å². The molecule has 0 amide bonds. The average molecular weight is 199 g/mol. The first-order valence-corrected chi connectivity index (χ1v) is 6.45. The van der Waals surface area contributed by atoms with Crippen LogP contribution in [-0.4, -0.2) is 13.1 Å². The Kier molecular flexibility index (Phi) is 9.49. The van der Waals surface area contributed by atoms with Crippen molar-refractivity contribution in [3.05, 3.63) is 0 Å². The van der Waals surface area contributed by atoms with E-state index in [4.69, 9.17) is 0 Å². The Labute approximate surface area is 90.7 Å². The fourth-order valence-electron chi connectivity index (χ4n) is 2.03. The zero-order valence-electron chi connectivity index (χ0n) is 10.6. The minimum atomic E-state index is 0.741. The molecule has 0 aliphatic rings. The van der Waals surface area contributed by atoms with Crippen LogP contribution in [0.3, 0.4) is 0 Å². The van der Waals surface area contributed by atoms with E-state index in [1.165, 1.54) is 44.9 Å². The number of hydrogen-bond donors (Lipinski definition) is 1. The van der Waals surface area contributed by atoms with Crippen LogP contribution in [0.25, 0.3) is 0 Å². The first-order valence-electron chi connectivity index (χ1n) is 6.45. The number of nitrogens with one attached hydrogen (secondary N) is 1. The van der Waals surface area contributed by atoms with E-state index in [1.807, 2.05) is 0 Å². The monoisotopic (exact) mass is 199 g/mol. The lowest BCUT2D eigenvalue weighted by Gasteiger charge is -2.18. The second-order valence-electron chi connectivity index (χ2n) is 4.39. The lowest BCUT2D eigenvalue weighted by atomic mass is 9.92. The third-order valence-electron chi connectivity index (χ3n) is 3.37. The molecule has 0 fully saturated rings. The normalized spacial score (nSPS) is 15.4. The molecule has 0 bridgehead atoms. The van der Waals surface area contributed by atoms with Gasteiger partial charge in [-0.25, -0.2) is 0 Å². The van der Waals surface area contributed by atoms with Gasteiger partial charge in [0.2, 0.25) is 0 Å². The Hall–Kier alpha value is -0.0400. The molecular formula is C13H29N. The number of hydrogen-bond acceptors (Lipinski definition) is 1. The van der Waals surface area contributed by atoms with Crippen LogP contribution >= 0.6 is 0 Å². The van der Waals surface area contributed by atoms with Gasteiger partial charge in [-0.05, 0) is 32.2 Å². The van der Waals surface area contributed by atoms with Gasteiger partial charge in [0.05, 0.1) is 0 Å². The van der Waals surface area contributed by atoms with Crippen LogP contribution in [0.4, 0.5) is 0 Å². The van der Waals surface area contributed by atoms with Crippen molar-refractivity contribution in [1.82, 2.24) is 5.32 Å². The minimum absolute atomic E-state index is 0.741. The molecule has 0 aliphatic heterocycles. The second-order valence-corrected chi connectivity index (χ2v) is 4.39. The molecule has 0 spiro atoms. The van der Waals surface area contributed by atoms with Gasteiger partial charge in [0, 0.05) is 6.04 Å². The van der Waals surface area contributed by atoms with Crippen molar-refractivity contribution in [2.24, 2.45) is 5.92 Å². The van der Waals surface area contributed by atoms with Crippen LogP contribution in [0.1, 0.15) is 65.7 Å². The Balaban J connectivity index is 3.59. The standard InChI is InChI=1S/C13H29N/c1-5-8-9-12(6-2)10-11-13(7-3)14-4/h12-14H,5-11H2,1-4H3. The molecule has 86 valence electrons. The molecule has 1 N–H and O–H groups in total. The summed E-state index contributed by atoms with van der Waals surface area (Å²) >= 11 is 0. The predicted molar refractivity (Wildman–Crippen MR) is 65.7 cm³/mol. The van der Waals surface area contributed by atoms with Gasteiger partial charge in [-0.1, -0.05) is 46.5 Å². The van der Waals surface area contributed by atoms with Crippen molar-refractivity contribution in [3.63, 3.8) is 0 Å². The van der Waals surface area contributed by atoms with Crippen molar-refractivity contribution in [2.75, 3.05) is 7.05 Å². The van der Waals surface area contributed by atoms with E-state index in [0.717, 1.165) is 12.0 Å². The minimum Gasteiger partial charge on any atom is -0.317 e. The van der Waals surface area contributed by atoms with Crippen LogP contribution in [0, 0.1) is 5.92 Å². The summed E-state index contributed by atoms with van der Waals surface area (Å²) in [6.45, 7) is 6.89. The Morgan fingerprint density at radius 1 is 0.929 bits per heavy atom. The van der Waals surface area contributed by atoms with Gasteiger partial charge in [-0.15, -0.1) is 0 Å². The van der Waals surface area contributed by atoms with Crippen molar-refractivity contribution in [2.45, 2.75) is 71.8 Å². The molecule has 14 heavy (non-hydrogen) atoms. The molecule has 0 aromatic rings. The van der Waals surface area contributed by atoms with Crippen molar-refractivity contribution in [1.29, 1.82) is 0 Å². The maximum absolute atomic E-state index is 3.39. The summed E-state index contributed by atoms with van der Waals surface area (Å²) in [4.78, 5) is 0. The molecule has 0 aromatic heterocycles. The third kappa shape index (κ3) is 6.42. The SMILES string of the molecule is CCCCC(CC)CCC(CC)NC. The van der Waals surface area contributed by atoms with E-state index in [0.29, 0.717) is 0 Å². The first kappa shape index (κ1) is 14.0. The molecule has 2 atom stereocenters. The van der Waals surface area contributed by atoms with Crippen molar-refractivity contribution >= 4 is 0 Å². The molecular weight excluding hydrogens is 170 g/mol. The molecule has 1 heteroatoms. The number of rotatable bonds is 9. The van der Waals surface area contributed by atoms with E-state index >= 15 is 0 Å². The Morgan fingerprint density at radius 2 is 1.64 bits per heavy atom. The van der Waals surface area contributed by atoms with Gasteiger partial charge in [0.25, 0.3) is 0 Å². The zero-order chi connectivity index (χ0) is 10.8. The lowest BCUT2D eigenvalue weighted by Crippen LogP contribution is -2.24.